The topological polar surface area (TPSA) is 3.24 Å². The normalized spacial score (nSPS) is 12.7. The molecule has 1 heterocycles. The van der Waals surface area contributed by atoms with Crippen LogP contribution in [0.3, 0.4) is 0 Å². The third-order valence-electron chi connectivity index (χ3n) is 13.3. The zero-order valence-electron chi connectivity index (χ0n) is 35.2. The third-order valence-corrected chi connectivity index (χ3v) is 14.5. The first kappa shape index (κ1) is 37.3. The van der Waals surface area contributed by atoms with Crippen LogP contribution in [-0.2, 0) is 5.41 Å². The molecule has 0 amide bonds. The Morgan fingerprint density at radius 1 is 0.365 bits per heavy atom. The highest BCUT2D eigenvalue weighted by Gasteiger charge is 2.37. The molecule has 2 heteroatoms. The van der Waals surface area contributed by atoms with Gasteiger partial charge in [0.15, 0.2) is 0 Å². The molecule has 0 radical (unpaired) electrons. The molecule has 0 saturated heterocycles. The van der Waals surface area contributed by atoms with Gasteiger partial charge in [-0.15, -0.1) is 11.3 Å². The molecule has 298 valence electrons. The molecular weight excluding hydrogens is 779 g/mol. The van der Waals surface area contributed by atoms with E-state index in [1.165, 1.54) is 97.7 Å². The summed E-state index contributed by atoms with van der Waals surface area (Å²) in [5.74, 6) is 0. The lowest BCUT2D eigenvalue weighted by atomic mass is 9.79. The van der Waals surface area contributed by atoms with Crippen molar-refractivity contribution in [1.29, 1.82) is 0 Å². The van der Waals surface area contributed by atoms with E-state index in [1.807, 2.05) is 11.3 Å². The monoisotopic (exact) mass is 821 g/mol. The van der Waals surface area contributed by atoms with Gasteiger partial charge in [-0.05, 0) is 103 Å². The maximum atomic E-state index is 2.45. The second-order valence-corrected chi connectivity index (χ2v) is 18.3. The number of anilines is 3. The zero-order valence-corrected chi connectivity index (χ0v) is 36.0. The molecular formula is C61H43NS. The van der Waals surface area contributed by atoms with Gasteiger partial charge >= 0.3 is 0 Å². The van der Waals surface area contributed by atoms with Gasteiger partial charge in [0.25, 0.3) is 0 Å². The minimum Gasteiger partial charge on any atom is -0.310 e. The van der Waals surface area contributed by atoms with Crippen LogP contribution in [0.4, 0.5) is 17.1 Å². The fraction of sp³-hybridized carbons (Fsp3) is 0.0492. The van der Waals surface area contributed by atoms with Gasteiger partial charge in [-0.1, -0.05) is 202 Å². The Kier molecular flexibility index (Phi) is 8.77. The average molecular weight is 822 g/mol. The van der Waals surface area contributed by atoms with Crippen LogP contribution in [0.5, 0.6) is 0 Å². The second-order valence-electron chi connectivity index (χ2n) is 17.2. The predicted molar refractivity (Wildman–Crippen MR) is 271 cm³/mol. The van der Waals surface area contributed by atoms with Gasteiger partial charge in [0.1, 0.15) is 0 Å². The highest BCUT2D eigenvalue weighted by molar-refractivity contribution is 7.26. The van der Waals surface area contributed by atoms with Crippen molar-refractivity contribution in [3.8, 4) is 55.6 Å². The van der Waals surface area contributed by atoms with Crippen LogP contribution in [-0.4, -0.2) is 0 Å². The molecule has 0 spiro atoms. The van der Waals surface area contributed by atoms with E-state index < -0.39 is 0 Å². The Morgan fingerprint density at radius 3 is 1.81 bits per heavy atom. The molecule has 0 saturated carbocycles. The molecule has 63 heavy (non-hydrogen) atoms. The quantitative estimate of drug-likeness (QED) is 0.155. The number of hydrogen-bond acceptors (Lipinski definition) is 2. The van der Waals surface area contributed by atoms with Gasteiger partial charge in [0.2, 0.25) is 0 Å². The fourth-order valence-electron chi connectivity index (χ4n) is 10.3. The number of fused-ring (bicyclic) bond motifs is 7. The van der Waals surface area contributed by atoms with Crippen LogP contribution < -0.4 is 4.90 Å². The zero-order chi connectivity index (χ0) is 42.1. The van der Waals surface area contributed by atoms with Crippen molar-refractivity contribution >= 4 is 59.3 Å². The first-order valence-electron chi connectivity index (χ1n) is 21.8. The maximum absolute atomic E-state index is 2.45. The summed E-state index contributed by atoms with van der Waals surface area (Å²) in [5.41, 5.74) is 18.5. The highest BCUT2D eigenvalue weighted by atomic mass is 32.1. The molecule has 1 aromatic heterocycles. The van der Waals surface area contributed by atoms with Gasteiger partial charge in [0.05, 0.1) is 5.69 Å². The number of rotatable bonds is 7. The van der Waals surface area contributed by atoms with Crippen LogP contribution in [0.25, 0.3) is 86.6 Å². The molecule has 1 aliphatic rings. The highest BCUT2D eigenvalue weighted by Crippen LogP contribution is 2.53. The molecule has 0 atom stereocenters. The Bertz CT molecular complexity index is 3530. The summed E-state index contributed by atoms with van der Waals surface area (Å²) in [6, 6.07) is 82.8. The number of para-hydroxylation sites is 1. The smallest absolute Gasteiger partial charge is 0.0540 e. The molecule has 0 N–H and O–H groups in total. The third kappa shape index (κ3) is 6.13. The molecule has 10 aromatic carbocycles. The summed E-state index contributed by atoms with van der Waals surface area (Å²) in [6.07, 6.45) is 0. The summed E-state index contributed by atoms with van der Waals surface area (Å²) >= 11 is 1.88. The SMILES string of the molecule is CC1(C)c2ccccc2-c2cccc(-c3ccc(N(c4cccc(-c5ccc(-c6cccc7ccccc67)cc5)c4)c4ccccc4-c4cccc5c4sc4ccccc45)cc3)c21. The maximum Gasteiger partial charge on any atom is 0.0540 e. The lowest BCUT2D eigenvalue weighted by molar-refractivity contribution is 0.662. The van der Waals surface area contributed by atoms with E-state index in [-0.39, 0.29) is 5.41 Å². The molecule has 11 aromatic rings. The molecule has 0 bridgehead atoms. The Morgan fingerprint density at radius 2 is 0.937 bits per heavy atom. The summed E-state index contributed by atoms with van der Waals surface area (Å²) < 4.78 is 2.62. The molecule has 1 aliphatic carbocycles. The van der Waals surface area contributed by atoms with Crippen molar-refractivity contribution in [3.05, 3.63) is 236 Å². The first-order valence-corrected chi connectivity index (χ1v) is 22.7. The number of benzene rings is 10. The van der Waals surface area contributed by atoms with E-state index in [4.69, 9.17) is 0 Å². The van der Waals surface area contributed by atoms with Gasteiger partial charge in [-0.2, -0.15) is 0 Å². The minimum absolute atomic E-state index is 0.104. The first-order chi connectivity index (χ1) is 31.0. The second kappa shape index (κ2) is 14.8. The van der Waals surface area contributed by atoms with E-state index >= 15 is 0 Å². The Balaban J connectivity index is 0.994. The number of thiophene rings is 1. The van der Waals surface area contributed by atoms with Gasteiger partial charge in [-0.25, -0.2) is 0 Å². The van der Waals surface area contributed by atoms with Crippen molar-refractivity contribution in [2.75, 3.05) is 4.90 Å². The lowest BCUT2D eigenvalue weighted by Gasteiger charge is -2.29. The summed E-state index contributed by atoms with van der Waals surface area (Å²) in [6.45, 7) is 4.74. The van der Waals surface area contributed by atoms with Crippen LogP contribution in [0.2, 0.25) is 0 Å². The van der Waals surface area contributed by atoms with Crippen LogP contribution in [0, 0.1) is 0 Å². The van der Waals surface area contributed by atoms with Crippen molar-refractivity contribution in [2.24, 2.45) is 0 Å². The molecule has 0 aliphatic heterocycles. The Labute approximate surface area is 372 Å². The van der Waals surface area contributed by atoms with E-state index in [0.717, 1.165) is 17.1 Å². The van der Waals surface area contributed by atoms with Crippen LogP contribution in [0.1, 0.15) is 25.0 Å². The molecule has 12 rings (SSSR count). The largest absolute Gasteiger partial charge is 0.310 e. The van der Waals surface area contributed by atoms with Crippen molar-refractivity contribution in [3.63, 3.8) is 0 Å². The van der Waals surface area contributed by atoms with Gasteiger partial charge in [0, 0.05) is 48.1 Å². The molecule has 0 fully saturated rings. The molecule has 1 nitrogen and oxygen atoms in total. The lowest BCUT2D eigenvalue weighted by Crippen LogP contribution is -2.16. The number of hydrogen-bond donors (Lipinski definition) is 0. The number of nitrogens with zero attached hydrogens (tertiary/aromatic N) is 1. The molecule has 0 unspecified atom stereocenters. The van der Waals surface area contributed by atoms with Crippen molar-refractivity contribution in [1.82, 2.24) is 0 Å². The minimum atomic E-state index is -0.104. The van der Waals surface area contributed by atoms with E-state index in [9.17, 15) is 0 Å². The predicted octanol–water partition coefficient (Wildman–Crippen LogP) is 17.7. The summed E-state index contributed by atoms with van der Waals surface area (Å²) in [4.78, 5) is 2.45. The van der Waals surface area contributed by atoms with Crippen LogP contribution in [0.15, 0.2) is 224 Å². The fourth-order valence-corrected chi connectivity index (χ4v) is 11.5. The van der Waals surface area contributed by atoms with E-state index in [0.29, 0.717) is 0 Å². The van der Waals surface area contributed by atoms with E-state index in [2.05, 4.69) is 243 Å². The van der Waals surface area contributed by atoms with Crippen LogP contribution >= 0.6 is 11.3 Å². The Hall–Kier alpha value is -7.52. The average Bonchev–Trinajstić information content (AvgIpc) is 3.84. The summed E-state index contributed by atoms with van der Waals surface area (Å²) in [7, 11) is 0. The van der Waals surface area contributed by atoms with E-state index in [1.54, 1.807) is 0 Å². The van der Waals surface area contributed by atoms with Crippen molar-refractivity contribution < 1.29 is 0 Å². The standard InChI is InChI=1S/C61H43NS/c1-61(2)56-28-8-5-20-50(56)53-25-13-24-49(59(53)61)43-35-37-45(38-36-43)62(57-29-9-6-21-51(57)54-26-14-27-55-52-22-7-10-30-58(52)63-60(54)55)46-18-11-17-44(39-46)40-31-33-42(34-32-40)48-23-12-16-41-15-3-4-19-47(41)48/h3-39H,1-2H3. The van der Waals surface area contributed by atoms with Gasteiger partial charge in [-0.3, -0.25) is 0 Å². The van der Waals surface area contributed by atoms with Crippen molar-refractivity contribution in [2.45, 2.75) is 19.3 Å². The van der Waals surface area contributed by atoms with Gasteiger partial charge < -0.3 is 4.90 Å². The summed E-state index contributed by atoms with van der Waals surface area (Å²) in [5, 5.41) is 5.13.